The molecule has 0 bridgehead atoms. The van der Waals surface area contributed by atoms with Gasteiger partial charge in [-0.25, -0.2) is 14.8 Å². The van der Waals surface area contributed by atoms with Crippen molar-refractivity contribution in [2.45, 2.75) is 82.8 Å². The quantitative estimate of drug-likeness (QED) is 0.159. The molecule has 2 fully saturated rings. The molecule has 0 atom stereocenters. The number of H-pyrrole nitrogens is 2. The molecule has 316 valence electrons. The number of pyridine rings is 3. The number of halogens is 1. The molecule has 2 aliphatic carbocycles. The average molecular weight is 844 g/mol. The third kappa shape index (κ3) is 6.65. The molecular formula is C46H50ClN9O5. The highest BCUT2D eigenvalue weighted by Crippen LogP contribution is 2.47. The maximum Gasteiger partial charge on any atom is 0.410 e. The number of hydrogen-bond donors (Lipinski definition) is 4. The van der Waals surface area contributed by atoms with Crippen molar-refractivity contribution >= 4 is 29.5 Å². The van der Waals surface area contributed by atoms with Gasteiger partial charge in [0.2, 0.25) is 5.88 Å². The summed E-state index contributed by atoms with van der Waals surface area (Å²) in [5.41, 5.74) is 13.3. The van der Waals surface area contributed by atoms with Gasteiger partial charge in [0.05, 0.1) is 45.1 Å². The molecule has 4 N–H and O–H groups in total. The number of aromatic nitrogens is 5. The third-order valence-electron chi connectivity index (χ3n) is 12.8. The summed E-state index contributed by atoms with van der Waals surface area (Å²) in [6, 6.07) is 7.87. The van der Waals surface area contributed by atoms with Crippen LogP contribution in [0.2, 0.25) is 5.15 Å². The van der Waals surface area contributed by atoms with E-state index in [0.717, 1.165) is 112 Å². The van der Waals surface area contributed by atoms with Gasteiger partial charge in [-0.3, -0.25) is 14.6 Å². The van der Waals surface area contributed by atoms with Crippen LogP contribution in [-0.2, 0) is 41.3 Å². The molecule has 14 nitrogen and oxygen atoms in total. The first kappa shape index (κ1) is 39.4. The lowest BCUT2D eigenvalue weighted by atomic mass is 9.72. The highest BCUT2D eigenvalue weighted by Gasteiger charge is 2.54. The number of carbonyl (C=O) groups is 3. The van der Waals surface area contributed by atoms with Crippen molar-refractivity contribution < 1.29 is 23.9 Å². The number of carbonyl (C=O) groups excluding carboxylic acids is 3. The summed E-state index contributed by atoms with van der Waals surface area (Å²) >= 11 is 6.14. The Bertz CT molecular complexity index is 2630. The van der Waals surface area contributed by atoms with Gasteiger partial charge >= 0.3 is 6.09 Å². The number of aromatic amines is 2. The lowest BCUT2D eigenvalue weighted by Crippen LogP contribution is -2.67. The monoisotopic (exact) mass is 843 g/mol. The summed E-state index contributed by atoms with van der Waals surface area (Å²) in [7, 11) is 2.13. The number of nitrogens with one attached hydrogen (secondary N) is 4. The Morgan fingerprint density at radius 2 is 1.36 bits per heavy atom. The van der Waals surface area contributed by atoms with Crippen molar-refractivity contribution in [3.8, 4) is 39.7 Å². The second kappa shape index (κ2) is 14.2. The van der Waals surface area contributed by atoms with Crippen LogP contribution in [-0.4, -0.2) is 111 Å². The Morgan fingerprint density at radius 3 is 1.90 bits per heavy atom. The van der Waals surface area contributed by atoms with Crippen molar-refractivity contribution in [3.63, 3.8) is 0 Å². The molecule has 0 aromatic carbocycles. The lowest BCUT2D eigenvalue weighted by molar-refractivity contribution is -0.0113. The standard InChI is InChI=1S/C25H27N5O2.C21H23ClN4O3/c1-14(2)32-20-7-5-16(10-27-20)19-8-18-15(9-26-19)4-6-17-21-23(29-22(17)18)25(11-28-24(21)31)12-30(3)13-25;1-20(2,3)29-19(28)26-9-21(10-26)8-24-18(27)15-12-5-4-11-7-23-14(22)6-13(11)16(12)25-17(15)21/h5,7-10,14,29H,4,6,11-13H2,1-3H3,(H,28,31);6-7,25H,4-5,8-10H2,1-3H3,(H,24,27). The molecule has 2 saturated heterocycles. The number of likely N-dealkylation sites (tertiary alicyclic amines) is 2. The zero-order chi connectivity index (χ0) is 42.6. The number of nitrogens with zero attached hydrogens (tertiary/aromatic N) is 5. The van der Waals surface area contributed by atoms with Crippen LogP contribution >= 0.6 is 11.6 Å². The van der Waals surface area contributed by atoms with Crippen LogP contribution in [0.5, 0.6) is 5.88 Å². The minimum Gasteiger partial charge on any atom is -0.475 e. The Kier molecular flexibility index (Phi) is 9.15. The maximum absolute atomic E-state index is 12.9. The zero-order valence-corrected chi connectivity index (χ0v) is 36.1. The van der Waals surface area contributed by atoms with Crippen molar-refractivity contribution in [1.82, 2.24) is 45.4 Å². The summed E-state index contributed by atoms with van der Waals surface area (Å²) in [4.78, 5) is 62.6. The Balaban J connectivity index is 0.000000147. The highest BCUT2D eigenvalue weighted by atomic mass is 35.5. The van der Waals surface area contributed by atoms with E-state index in [1.807, 2.05) is 71.4 Å². The molecule has 61 heavy (non-hydrogen) atoms. The SMILES string of the molecule is CC(C)(C)OC(=O)N1CC2(CNC(=O)c3c2[nH]c2c3CCc3cnc(Cl)cc3-2)C1.CC(C)Oc1ccc(-c2cc3c(cn2)CCc2c-3[nH]c3c2C(=O)NCC32CN(C)C2)cn1. The summed E-state index contributed by atoms with van der Waals surface area (Å²) in [5.74, 6) is 0.616. The number of ether oxygens (including phenoxy) is 2. The van der Waals surface area contributed by atoms with Gasteiger partial charge < -0.3 is 39.9 Å². The van der Waals surface area contributed by atoms with Crippen molar-refractivity contribution in [2.75, 3.05) is 46.3 Å². The molecule has 3 amide bonds. The van der Waals surface area contributed by atoms with E-state index in [0.29, 0.717) is 37.2 Å². The molecule has 5 aromatic heterocycles. The first-order valence-electron chi connectivity index (χ1n) is 21.1. The summed E-state index contributed by atoms with van der Waals surface area (Å²) < 4.78 is 11.2. The molecule has 4 aliphatic heterocycles. The lowest BCUT2D eigenvalue weighted by Gasteiger charge is -2.51. The predicted octanol–water partition coefficient (Wildman–Crippen LogP) is 6.01. The average Bonchev–Trinajstić information content (AvgIpc) is 3.79. The van der Waals surface area contributed by atoms with E-state index in [1.54, 1.807) is 4.90 Å². The molecule has 2 spiro atoms. The van der Waals surface area contributed by atoms with Gasteiger partial charge in [0.15, 0.2) is 0 Å². The number of fused-ring (bicyclic) bond motifs is 12. The second-order valence-corrected chi connectivity index (χ2v) is 19.2. The summed E-state index contributed by atoms with van der Waals surface area (Å²) in [6.45, 7) is 13.7. The smallest absolute Gasteiger partial charge is 0.410 e. The number of likely N-dealkylation sites (N-methyl/N-ethyl adjacent to an activating group) is 1. The number of hydrogen-bond acceptors (Lipinski definition) is 9. The molecule has 0 unspecified atom stereocenters. The van der Waals surface area contributed by atoms with Gasteiger partial charge in [-0.05, 0) is 108 Å². The first-order chi connectivity index (χ1) is 29.1. The van der Waals surface area contributed by atoms with E-state index in [-0.39, 0.29) is 34.8 Å². The van der Waals surface area contributed by atoms with Crippen LogP contribution in [0.15, 0.2) is 42.9 Å². The normalized spacial score (nSPS) is 18.8. The van der Waals surface area contributed by atoms with Crippen LogP contribution in [0.3, 0.4) is 0 Å². The van der Waals surface area contributed by atoms with E-state index < -0.39 is 5.60 Å². The Hall–Kier alpha value is -5.73. The third-order valence-corrected chi connectivity index (χ3v) is 13.0. The van der Waals surface area contributed by atoms with Crippen LogP contribution in [0.1, 0.15) is 89.0 Å². The van der Waals surface area contributed by atoms with Crippen molar-refractivity contribution in [2.24, 2.45) is 0 Å². The number of aryl methyl sites for hydroxylation is 2. The minimum absolute atomic E-state index is 0.00151. The molecule has 5 aromatic rings. The molecule has 0 saturated carbocycles. The van der Waals surface area contributed by atoms with E-state index >= 15 is 0 Å². The van der Waals surface area contributed by atoms with Crippen molar-refractivity contribution in [3.05, 3.63) is 92.8 Å². The fourth-order valence-corrected chi connectivity index (χ4v) is 10.3. The maximum atomic E-state index is 12.9. The summed E-state index contributed by atoms with van der Waals surface area (Å²) in [6.07, 6.45) is 8.70. The molecule has 6 aliphatic rings. The van der Waals surface area contributed by atoms with Crippen LogP contribution in [0.4, 0.5) is 4.79 Å². The number of amides is 3. The first-order valence-corrected chi connectivity index (χ1v) is 21.5. The van der Waals surface area contributed by atoms with Gasteiger partial charge in [0, 0.05) is 92.0 Å². The largest absolute Gasteiger partial charge is 0.475 e. The van der Waals surface area contributed by atoms with Crippen LogP contribution < -0.4 is 15.4 Å². The van der Waals surface area contributed by atoms with Gasteiger partial charge in [0.1, 0.15) is 10.8 Å². The summed E-state index contributed by atoms with van der Waals surface area (Å²) in [5, 5.41) is 6.62. The topological polar surface area (TPSA) is 170 Å². The molecule has 11 rings (SSSR count). The van der Waals surface area contributed by atoms with E-state index in [1.165, 1.54) is 5.56 Å². The predicted molar refractivity (Wildman–Crippen MR) is 230 cm³/mol. The van der Waals surface area contributed by atoms with E-state index in [9.17, 15) is 14.4 Å². The van der Waals surface area contributed by atoms with E-state index in [2.05, 4.69) is 48.6 Å². The van der Waals surface area contributed by atoms with Crippen LogP contribution in [0.25, 0.3) is 33.8 Å². The van der Waals surface area contributed by atoms with Gasteiger partial charge in [-0.2, -0.15) is 0 Å². The molecule has 15 heteroatoms. The number of rotatable bonds is 3. The Labute approximate surface area is 359 Å². The fourth-order valence-electron chi connectivity index (χ4n) is 10.2. The molecule has 9 heterocycles. The van der Waals surface area contributed by atoms with E-state index in [4.69, 9.17) is 26.1 Å². The Morgan fingerprint density at radius 1 is 0.787 bits per heavy atom. The zero-order valence-electron chi connectivity index (χ0n) is 35.3. The highest BCUT2D eigenvalue weighted by molar-refractivity contribution is 6.29. The van der Waals surface area contributed by atoms with Gasteiger partial charge in [-0.1, -0.05) is 11.6 Å². The van der Waals surface area contributed by atoms with Gasteiger partial charge in [0.25, 0.3) is 11.8 Å². The van der Waals surface area contributed by atoms with Crippen molar-refractivity contribution in [1.29, 1.82) is 0 Å². The van der Waals surface area contributed by atoms with Crippen LogP contribution in [0, 0.1) is 0 Å². The van der Waals surface area contributed by atoms with Gasteiger partial charge in [-0.15, -0.1) is 0 Å². The fraction of sp³-hybridized carbons (Fsp3) is 0.435. The molecular weight excluding hydrogens is 794 g/mol. The second-order valence-electron chi connectivity index (χ2n) is 18.8. The minimum atomic E-state index is -0.533. The molecule has 0 radical (unpaired) electrons.